The van der Waals surface area contributed by atoms with Crippen LogP contribution in [0.2, 0.25) is 0 Å². The number of rotatable bonds is 4. The van der Waals surface area contributed by atoms with Crippen LogP contribution in [0.15, 0.2) is 42.5 Å². The molecule has 1 N–H and O–H groups in total. The maximum absolute atomic E-state index is 13.2. The Balaban J connectivity index is 2.33. The average Bonchev–Trinajstić information content (AvgIpc) is 2.46. The van der Waals surface area contributed by atoms with Gasteiger partial charge in [0, 0.05) is 24.8 Å². The quantitative estimate of drug-likeness (QED) is 0.936. The van der Waals surface area contributed by atoms with Gasteiger partial charge in [0.1, 0.15) is 5.82 Å². The Morgan fingerprint density at radius 2 is 2.05 bits per heavy atom. The number of aliphatic hydroxyl groups excluding tert-OH is 1. The van der Waals surface area contributed by atoms with E-state index >= 15 is 0 Å². The van der Waals surface area contributed by atoms with Crippen LogP contribution in [0.3, 0.4) is 0 Å². The first kappa shape index (κ1) is 15.0. The number of benzene rings is 2. The highest BCUT2D eigenvalue weighted by Crippen LogP contribution is 2.28. The Bertz CT molecular complexity index is 677. The number of aliphatic hydroxyl groups is 1. The predicted octanol–water partition coefficient (Wildman–Crippen LogP) is 3.39. The third-order valence-corrected chi connectivity index (χ3v) is 3.33. The molecule has 0 radical (unpaired) electrons. The summed E-state index contributed by atoms with van der Waals surface area (Å²) < 4.78 is 13.2. The van der Waals surface area contributed by atoms with E-state index < -0.39 is 6.10 Å². The highest BCUT2D eigenvalue weighted by molar-refractivity contribution is 5.58. The molecule has 1 unspecified atom stereocenters. The summed E-state index contributed by atoms with van der Waals surface area (Å²) in [6.45, 7) is 2.17. The summed E-state index contributed by atoms with van der Waals surface area (Å²) in [4.78, 5) is 1.90. The highest BCUT2D eigenvalue weighted by Gasteiger charge is 2.13. The van der Waals surface area contributed by atoms with Crippen LogP contribution in [0.1, 0.15) is 29.7 Å². The predicted molar refractivity (Wildman–Crippen MR) is 80.3 cm³/mol. The fraction of sp³-hybridized carbons (Fsp3) is 0.235. The Labute approximate surface area is 123 Å². The van der Waals surface area contributed by atoms with Crippen molar-refractivity contribution in [3.8, 4) is 6.07 Å². The topological polar surface area (TPSA) is 47.3 Å². The van der Waals surface area contributed by atoms with E-state index in [9.17, 15) is 9.50 Å². The smallest absolute Gasteiger partial charge is 0.123 e. The molecule has 3 nitrogen and oxygen atoms in total. The number of hydrogen-bond donors (Lipinski definition) is 1. The van der Waals surface area contributed by atoms with Crippen LogP contribution in [-0.4, -0.2) is 12.2 Å². The van der Waals surface area contributed by atoms with Gasteiger partial charge in [-0.05, 0) is 36.8 Å². The van der Waals surface area contributed by atoms with Gasteiger partial charge in [0.15, 0.2) is 0 Å². The number of hydrogen-bond acceptors (Lipinski definition) is 3. The van der Waals surface area contributed by atoms with Crippen molar-refractivity contribution in [3.63, 3.8) is 0 Å². The summed E-state index contributed by atoms with van der Waals surface area (Å²) in [6, 6.07) is 13.7. The number of halogens is 1. The van der Waals surface area contributed by atoms with Crippen molar-refractivity contribution in [2.75, 3.05) is 11.9 Å². The zero-order valence-electron chi connectivity index (χ0n) is 12.0. The molecule has 0 aliphatic heterocycles. The zero-order chi connectivity index (χ0) is 15.4. The Kier molecular flexibility index (Phi) is 4.56. The van der Waals surface area contributed by atoms with Gasteiger partial charge in [-0.3, -0.25) is 0 Å². The second-order valence-electron chi connectivity index (χ2n) is 5.05. The largest absolute Gasteiger partial charge is 0.389 e. The molecule has 0 saturated heterocycles. The zero-order valence-corrected chi connectivity index (χ0v) is 12.0. The maximum atomic E-state index is 13.2. The van der Waals surface area contributed by atoms with E-state index in [1.807, 2.05) is 18.0 Å². The standard InChI is InChI=1S/C17H17FN2O/c1-12(21)16-7-6-13(10-19)9-17(16)20(2)11-14-4-3-5-15(18)8-14/h3-9,12,21H,11H2,1-2H3. The first-order chi connectivity index (χ1) is 10.0. The monoisotopic (exact) mass is 284 g/mol. The lowest BCUT2D eigenvalue weighted by Crippen LogP contribution is -2.19. The maximum Gasteiger partial charge on any atom is 0.123 e. The van der Waals surface area contributed by atoms with Crippen LogP contribution in [-0.2, 0) is 6.54 Å². The molecule has 2 aromatic carbocycles. The number of anilines is 1. The fourth-order valence-electron chi connectivity index (χ4n) is 2.29. The molecule has 0 heterocycles. The molecule has 0 amide bonds. The molecule has 0 fully saturated rings. The van der Waals surface area contributed by atoms with Crippen molar-refractivity contribution in [3.05, 3.63) is 65.0 Å². The first-order valence-corrected chi connectivity index (χ1v) is 6.69. The van der Waals surface area contributed by atoms with Crippen molar-refractivity contribution in [2.45, 2.75) is 19.6 Å². The van der Waals surface area contributed by atoms with E-state index in [-0.39, 0.29) is 5.82 Å². The summed E-state index contributed by atoms with van der Waals surface area (Å²) in [5.41, 5.74) is 2.87. The van der Waals surface area contributed by atoms with Crippen LogP contribution in [0.5, 0.6) is 0 Å². The number of nitrogens with zero attached hydrogens (tertiary/aromatic N) is 2. The minimum absolute atomic E-state index is 0.276. The first-order valence-electron chi connectivity index (χ1n) is 6.69. The van der Waals surface area contributed by atoms with Gasteiger partial charge in [-0.25, -0.2) is 4.39 Å². The van der Waals surface area contributed by atoms with Gasteiger partial charge in [-0.15, -0.1) is 0 Å². The summed E-state index contributed by atoms with van der Waals surface area (Å²) in [5, 5.41) is 18.9. The second-order valence-corrected chi connectivity index (χ2v) is 5.05. The molecule has 1 atom stereocenters. The van der Waals surface area contributed by atoms with Crippen molar-refractivity contribution in [1.29, 1.82) is 5.26 Å². The fourth-order valence-corrected chi connectivity index (χ4v) is 2.29. The lowest BCUT2D eigenvalue weighted by atomic mass is 10.0. The van der Waals surface area contributed by atoms with Crippen molar-refractivity contribution < 1.29 is 9.50 Å². The van der Waals surface area contributed by atoms with Crippen molar-refractivity contribution in [1.82, 2.24) is 0 Å². The summed E-state index contributed by atoms with van der Waals surface area (Å²) in [5.74, 6) is -0.276. The van der Waals surface area contributed by atoms with Crippen LogP contribution in [0.4, 0.5) is 10.1 Å². The molecular formula is C17H17FN2O. The molecule has 2 aromatic rings. The van der Waals surface area contributed by atoms with Crippen LogP contribution in [0, 0.1) is 17.1 Å². The molecule has 21 heavy (non-hydrogen) atoms. The minimum atomic E-state index is -0.636. The van der Waals surface area contributed by atoms with Gasteiger partial charge in [0.2, 0.25) is 0 Å². The molecule has 0 spiro atoms. The van der Waals surface area contributed by atoms with Gasteiger partial charge >= 0.3 is 0 Å². The van der Waals surface area contributed by atoms with E-state index in [1.54, 1.807) is 31.2 Å². The SMILES string of the molecule is CC(O)c1ccc(C#N)cc1N(C)Cc1cccc(F)c1. The third-order valence-electron chi connectivity index (χ3n) is 3.33. The van der Waals surface area contributed by atoms with E-state index in [0.717, 1.165) is 16.8 Å². The Morgan fingerprint density at radius 3 is 2.67 bits per heavy atom. The van der Waals surface area contributed by atoms with Gasteiger partial charge in [-0.1, -0.05) is 18.2 Å². The van der Waals surface area contributed by atoms with Gasteiger partial charge < -0.3 is 10.0 Å². The molecule has 0 aliphatic carbocycles. The van der Waals surface area contributed by atoms with Crippen LogP contribution >= 0.6 is 0 Å². The van der Waals surface area contributed by atoms with Crippen LogP contribution < -0.4 is 4.90 Å². The molecular weight excluding hydrogens is 267 g/mol. The van der Waals surface area contributed by atoms with E-state index in [0.29, 0.717) is 12.1 Å². The molecule has 0 bridgehead atoms. The molecule has 0 aromatic heterocycles. The normalized spacial score (nSPS) is 11.8. The van der Waals surface area contributed by atoms with E-state index in [4.69, 9.17) is 5.26 Å². The second kappa shape index (κ2) is 6.38. The molecule has 108 valence electrons. The molecule has 0 aliphatic rings. The van der Waals surface area contributed by atoms with E-state index in [1.165, 1.54) is 12.1 Å². The summed E-state index contributed by atoms with van der Waals surface area (Å²) >= 11 is 0. The van der Waals surface area contributed by atoms with Crippen LogP contribution in [0.25, 0.3) is 0 Å². The lowest BCUT2D eigenvalue weighted by molar-refractivity contribution is 0.199. The Morgan fingerprint density at radius 1 is 1.29 bits per heavy atom. The lowest BCUT2D eigenvalue weighted by Gasteiger charge is -2.24. The molecule has 2 rings (SSSR count). The summed E-state index contributed by atoms with van der Waals surface area (Å²) in [7, 11) is 1.85. The van der Waals surface area contributed by atoms with Gasteiger partial charge in [0.05, 0.1) is 17.7 Å². The van der Waals surface area contributed by atoms with Crippen molar-refractivity contribution >= 4 is 5.69 Å². The van der Waals surface area contributed by atoms with Gasteiger partial charge in [0.25, 0.3) is 0 Å². The van der Waals surface area contributed by atoms with E-state index in [2.05, 4.69) is 6.07 Å². The Hall–Kier alpha value is -2.38. The highest BCUT2D eigenvalue weighted by atomic mass is 19.1. The number of nitriles is 1. The van der Waals surface area contributed by atoms with Crippen molar-refractivity contribution in [2.24, 2.45) is 0 Å². The third kappa shape index (κ3) is 3.59. The molecule has 0 saturated carbocycles. The summed E-state index contributed by atoms with van der Waals surface area (Å²) in [6.07, 6.45) is -0.636. The minimum Gasteiger partial charge on any atom is -0.389 e. The molecule has 4 heteroatoms. The average molecular weight is 284 g/mol. The van der Waals surface area contributed by atoms with Gasteiger partial charge in [-0.2, -0.15) is 5.26 Å².